The second-order valence-electron chi connectivity index (χ2n) is 7.43. The van der Waals surface area contributed by atoms with Gasteiger partial charge in [-0.15, -0.1) is 0 Å². The summed E-state index contributed by atoms with van der Waals surface area (Å²) in [5.41, 5.74) is 0.731. The molecule has 1 saturated heterocycles. The van der Waals surface area contributed by atoms with E-state index in [-0.39, 0.29) is 11.6 Å². The fourth-order valence-electron chi connectivity index (χ4n) is 3.41. The molecule has 2 aliphatic rings. The molecule has 3 atom stereocenters. The van der Waals surface area contributed by atoms with Crippen LogP contribution >= 0.6 is 0 Å². The summed E-state index contributed by atoms with van der Waals surface area (Å²) in [4.78, 5) is 7.33. The number of nitrogens with zero attached hydrogens (tertiary/aromatic N) is 2. The van der Waals surface area contributed by atoms with Crippen molar-refractivity contribution in [1.29, 1.82) is 0 Å². The van der Waals surface area contributed by atoms with Gasteiger partial charge in [-0.05, 0) is 46.2 Å². The van der Waals surface area contributed by atoms with Crippen LogP contribution in [0.2, 0.25) is 0 Å². The van der Waals surface area contributed by atoms with Gasteiger partial charge in [0.05, 0.1) is 5.69 Å². The minimum atomic E-state index is -0.322. The number of pyridine rings is 1. The number of nitrogens with one attached hydrogen (secondary N) is 1. The van der Waals surface area contributed by atoms with Gasteiger partial charge in [0.15, 0.2) is 5.75 Å². The number of ether oxygens (including phenoxy) is 2. The zero-order valence-corrected chi connectivity index (χ0v) is 14.9. The Bertz CT molecular complexity index is 561. The lowest BCUT2D eigenvalue weighted by Gasteiger charge is -2.42. The molecule has 3 rings (SSSR count). The fraction of sp³-hybridized carbons (Fsp3) is 0.722. The molecular weight excluding hydrogens is 290 g/mol. The van der Waals surface area contributed by atoms with Crippen molar-refractivity contribution in [2.24, 2.45) is 0 Å². The summed E-state index contributed by atoms with van der Waals surface area (Å²) in [6.45, 7) is 13.4. The zero-order valence-electron chi connectivity index (χ0n) is 14.9. The van der Waals surface area contributed by atoms with Crippen molar-refractivity contribution in [3.63, 3.8) is 0 Å². The van der Waals surface area contributed by atoms with E-state index < -0.39 is 0 Å². The number of aromatic nitrogens is 1. The van der Waals surface area contributed by atoms with Gasteiger partial charge in [0, 0.05) is 31.2 Å². The van der Waals surface area contributed by atoms with Gasteiger partial charge in [0.1, 0.15) is 12.2 Å². The van der Waals surface area contributed by atoms with E-state index in [2.05, 4.69) is 37.1 Å². The monoisotopic (exact) mass is 319 g/mol. The van der Waals surface area contributed by atoms with Crippen LogP contribution < -0.4 is 14.8 Å². The summed E-state index contributed by atoms with van der Waals surface area (Å²) >= 11 is 0. The first-order valence-electron chi connectivity index (χ1n) is 8.71. The Hall–Kier alpha value is -1.33. The highest BCUT2D eigenvalue weighted by Gasteiger charge is 2.32. The molecule has 0 spiro atoms. The van der Waals surface area contributed by atoms with E-state index in [1.165, 1.54) is 0 Å². The van der Waals surface area contributed by atoms with E-state index in [9.17, 15) is 0 Å². The summed E-state index contributed by atoms with van der Waals surface area (Å²) in [6, 6.07) is 5.40. The fourth-order valence-corrected chi connectivity index (χ4v) is 3.41. The van der Waals surface area contributed by atoms with Crippen LogP contribution in [0, 0.1) is 0 Å². The maximum atomic E-state index is 6.00. The van der Waals surface area contributed by atoms with Crippen LogP contribution in [0.1, 0.15) is 52.8 Å². The Kier molecular flexibility index (Phi) is 4.52. The highest BCUT2D eigenvalue weighted by molar-refractivity contribution is 5.37. The first kappa shape index (κ1) is 16.5. The van der Waals surface area contributed by atoms with Crippen molar-refractivity contribution in [3.8, 4) is 11.6 Å². The maximum absolute atomic E-state index is 6.00. The number of rotatable bonds is 3. The average Bonchev–Trinajstić information content (AvgIpc) is 2.52. The van der Waals surface area contributed by atoms with Gasteiger partial charge in [-0.1, -0.05) is 6.92 Å². The third-order valence-electron chi connectivity index (χ3n) is 4.85. The van der Waals surface area contributed by atoms with Crippen LogP contribution in [0.3, 0.4) is 0 Å². The molecule has 0 radical (unpaired) electrons. The van der Waals surface area contributed by atoms with Gasteiger partial charge < -0.3 is 14.8 Å². The summed E-state index contributed by atoms with van der Waals surface area (Å²) in [7, 11) is 0. The molecule has 128 valence electrons. The summed E-state index contributed by atoms with van der Waals surface area (Å²) in [5, 5.41) is 3.57. The van der Waals surface area contributed by atoms with Crippen LogP contribution in [0.15, 0.2) is 12.1 Å². The summed E-state index contributed by atoms with van der Waals surface area (Å²) < 4.78 is 11.8. The normalized spacial score (nSPS) is 28.4. The Labute approximate surface area is 139 Å². The Morgan fingerprint density at radius 1 is 1.43 bits per heavy atom. The predicted octanol–water partition coefficient (Wildman–Crippen LogP) is 2.76. The number of piperazine rings is 1. The van der Waals surface area contributed by atoms with Crippen molar-refractivity contribution < 1.29 is 9.47 Å². The third-order valence-corrected chi connectivity index (χ3v) is 4.85. The molecule has 1 aromatic heterocycles. The maximum Gasteiger partial charge on any atom is 0.257 e. The summed E-state index contributed by atoms with van der Waals surface area (Å²) in [5.74, 6) is 1.38. The van der Waals surface area contributed by atoms with E-state index in [0.29, 0.717) is 24.6 Å². The zero-order chi connectivity index (χ0) is 16.6. The number of hydrogen-bond donors (Lipinski definition) is 1. The first-order valence-corrected chi connectivity index (χ1v) is 8.71. The molecule has 0 aliphatic carbocycles. The third kappa shape index (κ3) is 3.45. The van der Waals surface area contributed by atoms with Crippen LogP contribution in [0.4, 0.5) is 0 Å². The lowest BCUT2D eigenvalue weighted by molar-refractivity contribution is 0.0151. The van der Waals surface area contributed by atoms with Crippen molar-refractivity contribution in [3.05, 3.63) is 17.8 Å². The Balaban J connectivity index is 1.83. The van der Waals surface area contributed by atoms with Gasteiger partial charge >= 0.3 is 0 Å². The van der Waals surface area contributed by atoms with Gasteiger partial charge in [-0.25, -0.2) is 4.98 Å². The van der Waals surface area contributed by atoms with E-state index in [1.807, 2.05) is 19.9 Å². The highest BCUT2D eigenvalue weighted by atomic mass is 16.6. The molecule has 0 bridgehead atoms. The molecule has 0 amide bonds. The minimum absolute atomic E-state index is 0.267. The molecule has 0 saturated carbocycles. The van der Waals surface area contributed by atoms with Crippen molar-refractivity contribution in [1.82, 2.24) is 15.2 Å². The molecule has 1 N–H and O–H groups in total. The smallest absolute Gasteiger partial charge is 0.257 e. The first-order chi connectivity index (χ1) is 10.9. The second-order valence-corrected chi connectivity index (χ2v) is 7.43. The van der Waals surface area contributed by atoms with Crippen molar-refractivity contribution in [2.75, 3.05) is 19.7 Å². The molecule has 2 aliphatic heterocycles. The van der Waals surface area contributed by atoms with Gasteiger partial charge in [0.2, 0.25) is 0 Å². The van der Waals surface area contributed by atoms with E-state index in [4.69, 9.17) is 14.5 Å². The average molecular weight is 319 g/mol. The topological polar surface area (TPSA) is 46.6 Å². The van der Waals surface area contributed by atoms with Gasteiger partial charge in [0.25, 0.3) is 5.88 Å². The molecule has 1 fully saturated rings. The van der Waals surface area contributed by atoms with Gasteiger partial charge in [-0.3, -0.25) is 4.90 Å². The molecule has 5 heteroatoms. The largest absolute Gasteiger partial charge is 0.484 e. The van der Waals surface area contributed by atoms with Crippen LogP contribution in [0.25, 0.3) is 0 Å². The Morgan fingerprint density at radius 3 is 2.96 bits per heavy atom. The second kappa shape index (κ2) is 6.29. The lowest BCUT2D eigenvalue weighted by Crippen LogP contribution is -2.55. The molecule has 1 aromatic rings. The highest BCUT2D eigenvalue weighted by Crippen LogP contribution is 2.35. The van der Waals surface area contributed by atoms with Crippen LogP contribution in [0.5, 0.6) is 11.6 Å². The minimum Gasteiger partial charge on any atom is -0.484 e. The summed E-state index contributed by atoms with van der Waals surface area (Å²) in [6.07, 6.45) is 1.14. The predicted molar refractivity (Wildman–Crippen MR) is 91.1 cm³/mol. The van der Waals surface area contributed by atoms with Gasteiger partial charge in [-0.2, -0.15) is 0 Å². The van der Waals surface area contributed by atoms with Crippen LogP contribution in [-0.4, -0.2) is 47.3 Å². The Morgan fingerprint density at radius 2 is 2.22 bits per heavy atom. The lowest BCUT2D eigenvalue weighted by atomic mass is 10.0. The van der Waals surface area contributed by atoms with Crippen molar-refractivity contribution in [2.45, 2.75) is 64.8 Å². The van der Waals surface area contributed by atoms with Crippen molar-refractivity contribution >= 4 is 0 Å². The van der Waals surface area contributed by atoms with E-state index in [1.54, 1.807) is 0 Å². The molecule has 23 heavy (non-hydrogen) atoms. The molecule has 1 unspecified atom stereocenters. The quantitative estimate of drug-likeness (QED) is 0.928. The molecular formula is C18H29N3O2. The standard InChI is InChI=1S/C18H29N3O2/c1-6-14-9-19-12(2)10-21(14)13(3)15-7-8-16-17(20-15)23-18(4,5)11-22-16/h7-8,12-14,19H,6,9-11H2,1-5H3/t12-,13?,14+/m0/s1. The molecule has 5 nitrogen and oxygen atoms in total. The number of hydrogen-bond acceptors (Lipinski definition) is 5. The number of fused-ring (bicyclic) bond motifs is 1. The van der Waals surface area contributed by atoms with E-state index >= 15 is 0 Å². The SMILES string of the molecule is CC[C@@H]1CN[C@@H](C)CN1C(C)c1ccc2c(n1)OC(C)(C)CO2. The molecule has 0 aromatic carbocycles. The molecule has 3 heterocycles. The van der Waals surface area contributed by atoms with Crippen LogP contribution in [-0.2, 0) is 0 Å². The van der Waals surface area contributed by atoms with E-state index in [0.717, 1.165) is 31.0 Å².